The highest BCUT2D eigenvalue weighted by Crippen LogP contribution is 2.12. The minimum absolute atomic E-state index is 0.148. The summed E-state index contributed by atoms with van der Waals surface area (Å²) in [4.78, 5) is 15.6. The third-order valence-corrected chi connectivity index (χ3v) is 2.56. The predicted octanol–water partition coefficient (Wildman–Crippen LogP) is 2.58. The molecule has 1 radical (unpaired) electrons. The molecule has 0 saturated carbocycles. The van der Waals surface area contributed by atoms with E-state index in [0.29, 0.717) is 10.7 Å². The molecule has 15 heavy (non-hydrogen) atoms. The van der Waals surface area contributed by atoms with Crippen molar-refractivity contribution in [3.63, 3.8) is 0 Å². The van der Waals surface area contributed by atoms with Crippen molar-refractivity contribution < 1.29 is 4.79 Å². The summed E-state index contributed by atoms with van der Waals surface area (Å²) >= 11 is 1.39. The van der Waals surface area contributed by atoms with Crippen LogP contribution in [0.4, 0.5) is 5.13 Å². The van der Waals surface area contributed by atoms with Crippen molar-refractivity contribution in [2.24, 2.45) is 0 Å². The second kappa shape index (κ2) is 4.23. The maximum Gasteiger partial charge on any atom is 0.257 e. The minimum Gasteiger partial charge on any atom is -0.298 e. The number of carbonyl (C=O) groups excluding carboxylic acids is 1. The van der Waals surface area contributed by atoms with E-state index in [1.54, 1.807) is 30.5 Å². The van der Waals surface area contributed by atoms with Crippen LogP contribution >= 0.6 is 11.3 Å². The summed E-state index contributed by atoms with van der Waals surface area (Å²) in [7, 11) is 0. The van der Waals surface area contributed by atoms with Gasteiger partial charge in [0.1, 0.15) is 0 Å². The Bertz CT molecular complexity index is 448. The first-order valence-electron chi connectivity index (χ1n) is 4.38. The number of hydrogen-bond acceptors (Lipinski definition) is 3. The lowest BCUT2D eigenvalue weighted by molar-refractivity contribution is 0.102. The number of rotatable bonds is 2. The second-order valence-electron chi connectivity index (χ2n) is 2.99. The maximum absolute atomic E-state index is 11.7. The topological polar surface area (TPSA) is 42.0 Å². The van der Waals surface area contributed by atoms with E-state index >= 15 is 0 Å². The monoisotopic (exact) mass is 217 g/mol. The summed E-state index contributed by atoms with van der Waals surface area (Å²) in [6.45, 7) is 3.75. The number of amides is 1. The van der Waals surface area contributed by atoms with Gasteiger partial charge in [0, 0.05) is 17.1 Å². The van der Waals surface area contributed by atoms with Crippen LogP contribution in [0.2, 0.25) is 0 Å². The Morgan fingerprint density at radius 2 is 2.07 bits per heavy atom. The molecule has 75 valence electrons. The summed E-state index contributed by atoms with van der Waals surface area (Å²) in [5.74, 6) is -0.148. The molecular formula is C11H9N2OS. The Morgan fingerprint density at radius 1 is 1.33 bits per heavy atom. The quantitative estimate of drug-likeness (QED) is 0.840. The summed E-state index contributed by atoms with van der Waals surface area (Å²) in [5, 5.41) is 5.13. The molecule has 0 saturated heterocycles. The molecule has 1 amide bonds. The standard InChI is InChI=1S/C11H9N2OS/c1-8-2-4-9(5-3-8)10(14)13-11-12-6-7-15-11/h2-7H,1H2,(H,12,13,14). The molecule has 1 N–H and O–H groups in total. The zero-order valence-electron chi connectivity index (χ0n) is 7.93. The zero-order valence-corrected chi connectivity index (χ0v) is 8.75. The van der Waals surface area contributed by atoms with Crippen LogP contribution < -0.4 is 5.32 Å². The van der Waals surface area contributed by atoms with Crippen molar-refractivity contribution >= 4 is 22.4 Å². The van der Waals surface area contributed by atoms with Crippen molar-refractivity contribution in [3.05, 3.63) is 53.9 Å². The summed E-state index contributed by atoms with van der Waals surface area (Å²) in [5.41, 5.74) is 1.50. The lowest BCUT2D eigenvalue weighted by atomic mass is 10.1. The molecule has 3 nitrogen and oxygen atoms in total. The highest BCUT2D eigenvalue weighted by molar-refractivity contribution is 7.13. The highest BCUT2D eigenvalue weighted by Gasteiger charge is 2.06. The third-order valence-electron chi connectivity index (χ3n) is 1.87. The first-order chi connectivity index (χ1) is 7.25. The summed E-state index contributed by atoms with van der Waals surface area (Å²) in [6.07, 6.45) is 1.65. The van der Waals surface area contributed by atoms with Crippen LogP contribution in [0.15, 0.2) is 35.8 Å². The van der Waals surface area contributed by atoms with Gasteiger partial charge < -0.3 is 0 Å². The lowest BCUT2D eigenvalue weighted by Gasteiger charge is -2.01. The van der Waals surface area contributed by atoms with Gasteiger partial charge in [0.05, 0.1) is 0 Å². The zero-order chi connectivity index (χ0) is 10.7. The van der Waals surface area contributed by atoms with Gasteiger partial charge in [-0.3, -0.25) is 10.1 Å². The molecule has 0 aliphatic heterocycles. The van der Waals surface area contributed by atoms with Gasteiger partial charge in [-0.2, -0.15) is 0 Å². The van der Waals surface area contributed by atoms with Crippen molar-refractivity contribution in [1.29, 1.82) is 0 Å². The van der Waals surface area contributed by atoms with E-state index in [1.807, 2.05) is 5.38 Å². The second-order valence-corrected chi connectivity index (χ2v) is 3.88. The van der Waals surface area contributed by atoms with Crippen LogP contribution in [0.25, 0.3) is 0 Å². The van der Waals surface area contributed by atoms with Crippen LogP contribution in [0.1, 0.15) is 15.9 Å². The van der Waals surface area contributed by atoms with Gasteiger partial charge >= 0.3 is 0 Å². The van der Waals surface area contributed by atoms with Crippen LogP contribution in [-0.4, -0.2) is 10.9 Å². The average molecular weight is 217 g/mol. The fraction of sp³-hybridized carbons (Fsp3) is 0. The van der Waals surface area contributed by atoms with E-state index in [1.165, 1.54) is 11.3 Å². The van der Waals surface area contributed by atoms with E-state index < -0.39 is 0 Å². The number of anilines is 1. The molecule has 0 atom stereocenters. The van der Waals surface area contributed by atoms with Gasteiger partial charge in [0.15, 0.2) is 5.13 Å². The molecule has 2 rings (SSSR count). The molecule has 1 heterocycles. The van der Waals surface area contributed by atoms with Crippen molar-refractivity contribution in [3.8, 4) is 0 Å². The molecule has 0 bridgehead atoms. The van der Waals surface area contributed by atoms with Gasteiger partial charge in [0.25, 0.3) is 5.91 Å². The number of nitrogens with zero attached hydrogens (tertiary/aromatic N) is 1. The molecule has 0 spiro atoms. The summed E-state index contributed by atoms with van der Waals surface area (Å²) in [6, 6.07) is 7.09. The van der Waals surface area contributed by atoms with Gasteiger partial charge in [0.2, 0.25) is 0 Å². The fourth-order valence-corrected chi connectivity index (χ4v) is 1.63. The van der Waals surface area contributed by atoms with E-state index in [2.05, 4.69) is 17.2 Å². The number of benzene rings is 1. The highest BCUT2D eigenvalue weighted by atomic mass is 32.1. The predicted molar refractivity (Wildman–Crippen MR) is 61.0 cm³/mol. The molecule has 0 aliphatic rings. The molecule has 4 heteroatoms. The van der Waals surface area contributed by atoms with Crippen LogP contribution in [0, 0.1) is 6.92 Å². The van der Waals surface area contributed by atoms with Crippen LogP contribution in [0.5, 0.6) is 0 Å². The van der Waals surface area contributed by atoms with E-state index in [0.717, 1.165) is 5.56 Å². The smallest absolute Gasteiger partial charge is 0.257 e. The number of aromatic nitrogens is 1. The van der Waals surface area contributed by atoms with Gasteiger partial charge in [-0.1, -0.05) is 12.1 Å². The number of nitrogens with one attached hydrogen (secondary N) is 1. The summed E-state index contributed by atoms with van der Waals surface area (Å²) < 4.78 is 0. The van der Waals surface area contributed by atoms with E-state index in [9.17, 15) is 4.79 Å². The van der Waals surface area contributed by atoms with Crippen molar-refractivity contribution in [1.82, 2.24) is 4.98 Å². The normalized spacial score (nSPS) is 9.93. The Hall–Kier alpha value is -1.68. The molecular weight excluding hydrogens is 208 g/mol. The van der Waals surface area contributed by atoms with E-state index in [-0.39, 0.29) is 5.91 Å². The lowest BCUT2D eigenvalue weighted by Crippen LogP contribution is -2.11. The van der Waals surface area contributed by atoms with Crippen molar-refractivity contribution in [2.45, 2.75) is 0 Å². The Morgan fingerprint density at radius 3 is 2.67 bits per heavy atom. The SMILES string of the molecule is [CH2]c1ccc(C(=O)Nc2nccs2)cc1. The molecule has 1 aromatic heterocycles. The molecule has 0 aliphatic carbocycles. The first-order valence-corrected chi connectivity index (χ1v) is 5.26. The Kier molecular flexibility index (Phi) is 2.78. The molecule has 0 unspecified atom stereocenters. The third kappa shape index (κ3) is 2.41. The minimum atomic E-state index is -0.148. The van der Waals surface area contributed by atoms with Crippen LogP contribution in [-0.2, 0) is 0 Å². The first kappa shape index (κ1) is 9.86. The van der Waals surface area contributed by atoms with Gasteiger partial charge in [-0.15, -0.1) is 11.3 Å². The molecule has 1 aromatic carbocycles. The maximum atomic E-state index is 11.7. The van der Waals surface area contributed by atoms with Gasteiger partial charge in [-0.25, -0.2) is 4.98 Å². The van der Waals surface area contributed by atoms with Gasteiger partial charge in [-0.05, 0) is 24.6 Å². The Labute approximate surface area is 91.8 Å². The van der Waals surface area contributed by atoms with Crippen molar-refractivity contribution in [2.75, 3.05) is 5.32 Å². The molecule has 0 fully saturated rings. The molecule has 2 aromatic rings. The average Bonchev–Trinajstić information content (AvgIpc) is 2.71. The largest absolute Gasteiger partial charge is 0.298 e. The number of thiazole rings is 1. The number of hydrogen-bond donors (Lipinski definition) is 1. The number of carbonyl (C=O) groups is 1. The fourth-order valence-electron chi connectivity index (χ4n) is 1.11. The Balaban J connectivity index is 2.11. The van der Waals surface area contributed by atoms with E-state index in [4.69, 9.17) is 0 Å². The van der Waals surface area contributed by atoms with Crippen LogP contribution in [0.3, 0.4) is 0 Å².